The molecule has 5 nitrogen and oxygen atoms in total. The van der Waals surface area contributed by atoms with Crippen LogP contribution in [0.5, 0.6) is 0 Å². The number of nitrogens with zero attached hydrogens (tertiary/aromatic N) is 2. The lowest BCUT2D eigenvalue weighted by atomic mass is 9.92. The van der Waals surface area contributed by atoms with Gasteiger partial charge in [0, 0.05) is 19.5 Å². The lowest BCUT2D eigenvalue weighted by Crippen LogP contribution is -2.44. The Hall–Kier alpha value is -1.10. The van der Waals surface area contributed by atoms with Crippen LogP contribution in [0.3, 0.4) is 0 Å². The molecule has 2 aliphatic rings. The van der Waals surface area contributed by atoms with Crippen LogP contribution in [0.15, 0.2) is 0 Å². The molecule has 2 aliphatic heterocycles. The van der Waals surface area contributed by atoms with Gasteiger partial charge in [0.15, 0.2) is 0 Å². The maximum absolute atomic E-state index is 12.4. The largest absolute Gasteiger partial charge is 0.466 e. The van der Waals surface area contributed by atoms with Crippen LogP contribution >= 0.6 is 0 Å². The summed E-state index contributed by atoms with van der Waals surface area (Å²) in [6, 6.07) is 0. The van der Waals surface area contributed by atoms with Gasteiger partial charge in [-0.1, -0.05) is 0 Å². The van der Waals surface area contributed by atoms with Gasteiger partial charge in [0.05, 0.1) is 12.5 Å². The highest BCUT2D eigenvalue weighted by Crippen LogP contribution is 2.23. The molecule has 5 heteroatoms. The Morgan fingerprint density at radius 3 is 2.52 bits per heavy atom. The van der Waals surface area contributed by atoms with Crippen molar-refractivity contribution in [3.63, 3.8) is 0 Å². The van der Waals surface area contributed by atoms with Gasteiger partial charge in [0.2, 0.25) is 5.91 Å². The molecule has 0 aromatic rings. The van der Waals surface area contributed by atoms with Crippen molar-refractivity contribution in [3.8, 4) is 0 Å². The smallest absolute Gasteiger partial charge is 0.310 e. The number of ether oxygens (including phenoxy) is 1. The number of esters is 1. The minimum Gasteiger partial charge on any atom is -0.466 e. The molecule has 2 fully saturated rings. The molecule has 0 aliphatic carbocycles. The van der Waals surface area contributed by atoms with Crippen LogP contribution < -0.4 is 0 Å². The van der Waals surface area contributed by atoms with Gasteiger partial charge in [-0.25, -0.2) is 0 Å². The second-order valence-corrected chi connectivity index (χ2v) is 6.38. The summed E-state index contributed by atoms with van der Waals surface area (Å²) in [5.41, 5.74) is 0. The fourth-order valence-electron chi connectivity index (χ4n) is 3.30. The predicted molar refractivity (Wildman–Crippen MR) is 80.8 cm³/mol. The van der Waals surface area contributed by atoms with Crippen molar-refractivity contribution >= 4 is 11.9 Å². The van der Waals surface area contributed by atoms with Crippen molar-refractivity contribution in [1.82, 2.24) is 9.80 Å². The van der Waals surface area contributed by atoms with Crippen LogP contribution in [0.25, 0.3) is 0 Å². The molecule has 21 heavy (non-hydrogen) atoms. The van der Waals surface area contributed by atoms with Gasteiger partial charge < -0.3 is 14.5 Å². The first kappa shape index (κ1) is 16.3. The third-order valence-corrected chi connectivity index (χ3v) is 4.70. The Kier molecular flexibility index (Phi) is 6.03. The fourth-order valence-corrected chi connectivity index (χ4v) is 3.30. The summed E-state index contributed by atoms with van der Waals surface area (Å²) < 4.78 is 5.09. The van der Waals surface area contributed by atoms with E-state index in [-0.39, 0.29) is 17.8 Å². The first-order valence-corrected chi connectivity index (χ1v) is 8.23. The molecule has 0 aromatic carbocycles. The first-order valence-electron chi connectivity index (χ1n) is 8.23. The van der Waals surface area contributed by atoms with Gasteiger partial charge in [0.25, 0.3) is 0 Å². The Morgan fingerprint density at radius 2 is 1.86 bits per heavy atom. The molecule has 2 heterocycles. The maximum atomic E-state index is 12.4. The minimum atomic E-state index is -0.144. The van der Waals surface area contributed by atoms with Gasteiger partial charge in [-0.2, -0.15) is 0 Å². The minimum absolute atomic E-state index is 0.125. The third kappa shape index (κ3) is 4.70. The van der Waals surface area contributed by atoms with Crippen LogP contribution in [0.4, 0.5) is 0 Å². The number of piperidine rings is 2. The van der Waals surface area contributed by atoms with E-state index in [9.17, 15) is 9.59 Å². The van der Waals surface area contributed by atoms with Crippen LogP contribution in [0, 0.1) is 11.8 Å². The van der Waals surface area contributed by atoms with Crippen molar-refractivity contribution in [2.24, 2.45) is 11.8 Å². The summed E-state index contributed by atoms with van der Waals surface area (Å²) >= 11 is 0. The van der Waals surface area contributed by atoms with Crippen molar-refractivity contribution in [3.05, 3.63) is 0 Å². The number of carbonyl (C=O) groups excluding carboxylic acids is 2. The quantitative estimate of drug-likeness (QED) is 0.738. The monoisotopic (exact) mass is 296 g/mol. The molecule has 0 saturated carbocycles. The summed E-state index contributed by atoms with van der Waals surface area (Å²) in [4.78, 5) is 28.5. The topological polar surface area (TPSA) is 49.9 Å². The van der Waals surface area contributed by atoms with Crippen LogP contribution in [0.1, 0.15) is 39.0 Å². The highest BCUT2D eigenvalue weighted by atomic mass is 16.5. The van der Waals surface area contributed by atoms with Gasteiger partial charge in [0.1, 0.15) is 0 Å². The van der Waals surface area contributed by atoms with E-state index < -0.39 is 0 Å². The normalized spacial score (nSPS) is 24.9. The molecule has 1 atom stereocenters. The van der Waals surface area contributed by atoms with E-state index in [1.54, 1.807) is 0 Å². The molecule has 2 saturated heterocycles. The summed E-state index contributed by atoms with van der Waals surface area (Å²) in [5, 5.41) is 0. The van der Waals surface area contributed by atoms with Crippen LogP contribution in [-0.4, -0.2) is 61.5 Å². The average molecular weight is 296 g/mol. The maximum Gasteiger partial charge on any atom is 0.310 e. The number of amides is 1. The molecule has 0 spiro atoms. The third-order valence-electron chi connectivity index (χ3n) is 4.70. The zero-order valence-corrected chi connectivity index (χ0v) is 13.3. The van der Waals surface area contributed by atoms with Gasteiger partial charge in [-0.3, -0.25) is 9.59 Å². The molecule has 1 amide bonds. The lowest BCUT2D eigenvalue weighted by Gasteiger charge is -2.34. The molecule has 0 radical (unpaired) electrons. The second kappa shape index (κ2) is 7.78. The van der Waals surface area contributed by atoms with Crippen molar-refractivity contribution in [1.29, 1.82) is 0 Å². The number of hydrogen-bond acceptors (Lipinski definition) is 4. The highest BCUT2D eigenvalue weighted by Gasteiger charge is 2.30. The molecule has 120 valence electrons. The second-order valence-electron chi connectivity index (χ2n) is 6.38. The first-order chi connectivity index (χ1) is 10.1. The van der Waals surface area contributed by atoms with Crippen LogP contribution in [0.2, 0.25) is 0 Å². The highest BCUT2D eigenvalue weighted by molar-refractivity contribution is 5.78. The Morgan fingerprint density at radius 1 is 1.14 bits per heavy atom. The molecule has 0 aromatic heterocycles. The van der Waals surface area contributed by atoms with E-state index in [4.69, 9.17) is 4.74 Å². The molecular weight excluding hydrogens is 268 g/mol. The number of hydrogen-bond donors (Lipinski definition) is 0. The van der Waals surface area contributed by atoms with Crippen molar-refractivity contribution < 1.29 is 14.3 Å². The average Bonchev–Trinajstić information content (AvgIpc) is 2.50. The zero-order valence-electron chi connectivity index (χ0n) is 13.3. The molecular formula is C16H28N2O3. The predicted octanol–water partition coefficient (Wildman–Crippen LogP) is 1.52. The van der Waals surface area contributed by atoms with Gasteiger partial charge in [-0.15, -0.1) is 0 Å². The summed E-state index contributed by atoms with van der Waals surface area (Å²) in [6.07, 6.45) is 4.61. The Balaban J connectivity index is 1.80. The van der Waals surface area contributed by atoms with Crippen molar-refractivity contribution in [2.75, 3.05) is 39.8 Å². The molecule has 1 unspecified atom stereocenters. The van der Waals surface area contributed by atoms with Crippen LogP contribution in [-0.2, 0) is 14.3 Å². The van der Waals surface area contributed by atoms with Gasteiger partial charge >= 0.3 is 5.97 Å². The van der Waals surface area contributed by atoms with E-state index >= 15 is 0 Å². The number of carbonyl (C=O) groups is 2. The van der Waals surface area contributed by atoms with E-state index in [2.05, 4.69) is 11.9 Å². The molecule has 0 bridgehead atoms. The lowest BCUT2D eigenvalue weighted by molar-refractivity contribution is -0.151. The Labute approximate surface area is 127 Å². The van der Waals surface area contributed by atoms with E-state index in [1.807, 2.05) is 11.8 Å². The number of rotatable bonds is 4. The Bertz CT molecular complexity index is 365. The standard InChI is InChI=1S/C16H28N2O3/c1-3-21-16(20)14-5-4-8-18(12-14)15(19)11-13-6-9-17(2)10-7-13/h13-14H,3-12H2,1-2H3. The zero-order chi connectivity index (χ0) is 15.2. The van der Waals surface area contributed by atoms with Crippen molar-refractivity contribution in [2.45, 2.75) is 39.0 Å². The summed E-state index contributed by atoms with van der Waals surface area (Å²) in [6.45, 7) is 5.75. The molecule has 0 N–H and O–H groups in total. The van der Waals surface area contributed by atoms with E-state index in [0.717, 1.165) is 45.3 Å². The fraction of sp³-hybridized carbons (Fsp3) is 0.875. The summed E-state index contributed by atoms with van der Waals surface area (Å²) in [5.74, 6) is 0.463. The summed E-state index contributed by atoms with van der Waals surface area (Å²) in [7, 11) is 2.13. The van der Waals surface area contributed by atoms with E-state index in [0.29, 0.717) is 25.5 Å². The van der Waals surface area contributed by atoms with Gasteiger partial charge in [-0.05, 0) is 58.7 Å². The number of likely N-dealkylation sites (tertiary alicyclic amines) is 2. The van der Waals surface area contributed by atoms with E-state index in [1.165, 1.54) is 0 Å². The molecule has 2 rings (SSSR count). The SMILES string of the molecule is CCOC(=O)C1CCCN(C(=O)CC2CCN(C)CC2)C1.